The number of rotatable bonds is 8. The minimum atomic E-state index is -5.21. The first-order valence-corrected chi connectivity index (χ1v) is 15.6. The molecule has 2 aromatic rings. The van der Waals surface area contributed by atoms with Crippen LogP contribution < -0.4 is 10.2 Å². The Kier molecular flexibility index (Phi) is 8.41. The standard InChI is InChI=1S/C31H33F3N4O4S/c32-31(33,34)29(41)42-38-26-14-16-36(27(39)13-15-35-22-17-20-7-4-5-8-21(20)18-22)19-25(26)28(40)37(23-9-2-1-3-10-23)30(38)43-24-11-6-12-24/h1-5,7-10,22,24,30,35H,6,11-19H2. The average Bonchev–Trinajstić information content (AvgIpc) is 3.39. The molecular weight excluding hydrogens is 581 g/mol. The molecule has 1 saturated carbocycles. The van der Waals surface area contributed by atoms with Gasteiger partial charge in [-0.15, -0.1) is 11.8 Å². The van der Waals surface area contributed by atoms with Crippen LogP contribution in [0.3, 0.4) is 0 Å². The number of fused-ring (bicyclic) bond motifs is 1. The van der Waals surface area contributed by atoms with Crippen LogP contribution in [0.25, 0.3) is 0 Å². The van der Waals surface area contributed by atoms with Gasteiger partial charge in [-0.25, -0.2) is 4.79 Å². The number of hydrogen-bond acceptors (Lipinski definition) is 7. The van der Waals surface area contributed by atoms with E-state index in [0.717, 1.165) is 37.2 Å². The SMILES string of the molecule is O=C(CCNC1Cc2ccccc2C1)N1CCC2=C(C1)C(=O)N(c1ccccc1)C(SC1CCC1)N2OC(=O)C(F)(F)F. The Labute approximate surface area is 252 Å². The fourth-order valence-electron chi connectivity index (χ4n) is 6.00. The molecule has 43 heavy (non-hydrogen) atoms. The van der Waals surface area contributed by atoms with Crippen molar-refractivity contribution in [3.05, 3.63) is 77.0 Å². The van der Waals surface area contributed by atoms with Crippen LogP contribution in [0, 0.1) is 0 Å². The number of para-hydroxylation sites is 1. The average molecular weight is 615 g/mol. The van der Waals surface area contributed by atoms with Crippen molar-refractivity contribution in [1.82, 2.24) is 15.3 Å². The van der Waals surface area contributed by atoms with E-state index in [-0.39, 0.29) is 54.4 Å². The molecule has 0 radical (unpaired) electrons. The lowest BCUT2D eigenvalue weighted by Gasteiger charge is -2.48. The van der Waals surface area contributed by atoms with Gasteiger partial charge in [-0.2, -0.15) is 18.2 Å². The number of thioether (sulfide) groups is 1. The lowest BCUT2D eigenvalue weighted by molar-refractivity contribution is -0.235. The van der Waals surface area contributed by atoms with Gasteiger partial charge in [0.05, 0.1) is 17.8 Å². The molecule has 0 saturated heterocycles. The maximum absolute atomic E-state index is 14.1. The summed E-state index contributed by atoms with van der Waals surface area (Å²) in [6, 6.07) is 17.2. The third-order valence-electron chi connectivity index (χ3n) is 8.47. The lowest BCUT2D eigenvalue weighted by Crippen LogP contribution is -2.59. The van der Waals surface area contributed by atoms with Crippen molar-refractivity contribution < 1.29 is 32.4 Å². The molecule has 8 nitrogen and oxygen atoms in total. The van der Waals surface area contributed by atoms with Gasteiger partial charge in [0.25, 0.3) is 5.91 Å². The van der Waals surface area contributed by atoms with Gasteiger partial charge < -0.3 is 15.1 Å². The van der Waals surface area contributed by atoms with Crippen LogP contribution in [0.1, 0.15) is 43.2 Å². The van der Waals surface area contributed by atoms with Gasteiger partial charge in [0.2, 0.25) is 5.91 Å². The molecule has 1 atom stereocenters. The Balaban J connectivity index is 1.21. The second-order valence-corrected chi connectivity index (χ2v) is 12.7. The Morgan fingerprint density at radius 2 is 1.67 bits per heavy atom. The maximum Gasteiger partial charge on any atom is 0.493 e. The van der Waals surface area contributed by atoms with Crippen molar-refractivity contribution in [2.75, 3.05) is 24.5 Å². The molecule has 2 aliphatic carbocycles. The third kappa shape index (κ3) is 6.26. The maximum atomic E-state index is 14.1. The Hall–Kier alpha value is -3.51. The molecule has 0 spiro atoms. The van der Waals surface area contributed by atoms with Crippen molar-refractivity contribution in [1.29, 1.82) is 0 Å². The van der Waals surface area contributed by atoms with E-state index in [0.29, 0.717) is 12.2 Å². The predicted octanol–water partition coefficient (Wildman–Crippen LogP) is 4.56. The fraction of sp³-hybridized carbons (Fsp3) is 0.452. The van der Waals surface area contributed by atoms with E-state index in [4.69, 9.17) is 4.84 Å². The molecule has 228 valence electrons. The zero-order valence-electron chi connectivity index (χ0n) is 23.5. The van der Waals surface area contributed by atoms with E-state index >= 15 is 0 Å². The second-order valence-electron chi connectivity index (χ2n) is 11.3. The molecule has 0 aromatic heterocycles. The molecule has 1 fully saturated rings. The van der Waals surface area contributed by atoms with E-state index in [2.05, 4.69) is 17.4 Å². The Morgan fingerprint density at radius 3 is 2.30 bits per heavy atom. The van der Waals surface area contributed by atoms with Gasteiger partial charge >= 0.3 is 12.1 Å². The van der Waals surface area contributed by atoms with Gasteiger partial charge in [0.15, 0.2) is 5.50 Å². The second kappa shape index (κ2) is 12.2. The molecule has 4 aliphatic rings. The first-order valence-electron chi connectivity index (χ1n) is 14.6. The summed E-state index contributed by atoms with van der Waals surface area (Å²) in [6.07, 6.45) is -0.397. The van der Waals surface area contributed by atoms with E-state index in [1.807, 2.05) is 12.1 Å². The lowest BCUT2D eigenvalue weighted by atomic mass is 10.00. The summed E-state index contributed by atoms with van der Waals surface area (Å²) in [5.41, 5.74) is 2.46. The molecule has 2 aromatic carbocycles. The third-order valence-corrected chi connectivity index (χ3v) is 9.97. The summed E-state index contributed by atoms with van der Waals surface area (Å²) in [6.45, 7) is 0.595. The van der Waals surface area contributed by atoms with E-state index in [1.165, 1.54) is 27.8 Å². The topological polar surface area (TPSA) is 82.2 Å². The fourth-order valence-corrected chi connectivity index (χ4v) is 7.57. The van der Waals surface area contributed by atoms with Crippen molar-refractivity contribution in [3.8, 4) is 0 Å². The van der Waals surface area contributed by atoms with Gasteiger partial charge in [0, 0.05) is 42.9 Å². The summed E-state index contributed by atoms with van der Waals surface area (Å²) in [5, 5.41) is 4.55. The van der Waals surface area contributed by atoms with Gasteiger partial charge in [-0.05, 0) is 48.9 Å². The number of nitrogens with zero attached hydrogens (tertiary/aromatic N) is 3. The molecule has 6 rings (SSSR count). The highest BCUT2D eigenvalue weighted by Crippen LogP contribution is 2.44. The number of amides is 2. The molecule has 2 amide bonds. The molecule has 2 aliphatic heterocycles. The zero-order chi connectivity index (χ0) is 30.1. The number of hydroxylamine groups is 2. The molecule has 12 heteroatoms. The summed E-state index contributed by atoms with van der Waals surface area (Å²) in [5.74, 6) is -2.91. The minimum Gasteiger partial charge on any atom is -0.338 e. The van der Waals surface area contributed by atoms with Gasteiger partial charge in [0.1, 0.15) is 0 Å². The van der Waals surface area contributed by atoms with Gasteiger partial charge in [-0.1, -0.05) is 48.9 Å². The first-order chi connectivity index (χ1) is 20.7. The molecule has 1 unspecified atom stereocenters. The van der Waals surface area contributed by atoms with Crippen LogP contribution in [0.2, 0.25) is 0 Å². The van der Waals surface area contributed by atoms with Crippen molar-refractivity contribution in [3.63, 3.8) is 0 Å². The highest BCUT2D eigenvalue weighted by Gasteiger charge is 2.50. The summed E-state index contributed by atoms with van der Waals surface area (Å²) >= 11 is 1.32. The predicted molar refractivity (Wildman–Crippen MR) is 155 cm³/mol. The smallest absolute Gasteiger partial charge is 0.338 e. The number of halogens is 3. The van der Waals surface area contributed by atoms with E-state index < -0.39 is 23.6 Å². The van der Waals surface area contributed by atoms with Crippen molar-refractivity contribution in [2.24, 2.45) is 0 Å². The number of alkyl halides is 3. The zero-order valence-corrected chi connectivity index (χ0v) is 24.3. The van der Waals surface area contributed by atoms with Crippen LogP contribution in [-0.2, 0) is 32.1 Å². The number of nitrogens with one attached hydrogen (secondary N) is 1. The summed E-state index contributed by atoms with van der Waals surface area (Å²) in [4.78, 5) is 47.4. The quantitative estimate of drug-likeness (QED) is 0.467. The highest BCUT2D eigenvalue weighted by molar-refractivity contribution is 8.00. The van der Waals surface area contributed by atoms with Crippen LogP contribution in [0.4, 0.5) is 18.9 Å². The van der Waals surface area contributed by atoms with Crippen LogP contribution in [0.5, 0.6) is 0 Å². The molecule has 1 N–H and O–H groups in total. The number of carbonyl (C=O) groups excluding carboxylic acids is 3. The summed E-state index contributed by atoms with van der Waals surface area (Å²) < 4.78 is 40.2. The molecule has 0 bridgehead atoms. The number of anilines is 1. The highest BCUT2D eigenvalue weighted by atomic mass is 32.2. The molecular formula is C31H33F3N4O4S. The van der Waals surface area contributed by atoms with Crippen molar-refractivity contribution in [2.45, 2.75) is 67.9 Å². The minimum absolute atomic E-state index is 0.0773. The number of hydrogen-bond donors (Lipinski definition) is 1. The van der Waals surface area contributed by atoms with Gasteiger partial charge in [-0.3, -0.25) is 14.5 Å². The Morgan fingerprint density at radius 1 is 1.00 bits per heavy atom. The van der Waals surface area contributed by atoms with Crippen LogP contribution in [-0.4, -0.2) is 70.3 Å². The largest absolute Gasteiger partial charge is 0.493 e. The monoisotopic (exact) mass is 614 g/mol. The van der Waals surface area contributed by atoms with E-state index in [1.54, 1.807) is 35.2 Å². The van der Waals surface area contributed by atoms with Crippen LogP contribution >= 0.6 is 11.8 Å². The first kappa shape index (κ1) is 29.6. The normalized spacial score (nSPS) is 21.0. The van der Waals surface area contributed by atoms with Crippen molar-refractivity contribution >= 4 is 35.2 Å². The number of benzene rings is 2. The molecule has 2 heterocycles. The van der Waals surface area contributed by atoms with E-state index in [9.17, 15) is 27.6 Å². The summed E-state index contributed by atoms with van der Waals surface area (Å²) in [7, 11) is 0. The Bertz CT molecular complexity index is 1390. The van der Waals surface area contributed by atoms with Crippen LogP contribution in [0.15, 0.2) is 65.9 Å². The number of carbonyl (C=O) groups is 3.